The van der Waals surface area contributed by atoms with E-state index in [2.05, 4.69) is 0 Å². The molecule has 0 spiro atoms. The van der Waals surface area contributed by atoms with E-state index >= 15 is 0 Å². The van der Waals surface area contributed by atoms with Gasteiger partial charge in [0.25, 0.3) is 5.24 Å². The molecule has 0 aliphatic rings. The van der Waals surface area contributed by atoms with E-state index < -0.39 is 5.24 Å². The minimum Gasteiger partial charge on any atom is -0.456 e. The maximum atomic E-state index is 10.9. The smallest absolute Gasteiger partial charge is 0.287 e. The fourth-order valence-corrected chi connectivity index (χ4v) is 1.55. The number of alkyl halides is 1. The van der Waals surface area contributed by atoms with Crippen LogP contribution in [0, 0.1) is 0 Å². The van der Waals surface area contributed by atoms with Crippen molar-refractivity contribution in [2.24, 2.45) is 0 Å². The molecule has 0 aliphatic heterocycles. The van der Waals surface area contributed by atoms with Crippen molar-refractivity contribution in [2.75, 3.05) is 0 Å². The number of carbonyl (C=O) groups is 1. The Morgan fingerprint density at radius 1 is 1.50 bits per heavy atom. The molecule has 0 N–H and O–H groups in total. The Labute approximate surface area is 93.2 Å². The zero-order valence-electron chi connectivity index (χ0n) is 8.36. The Hall–Kier alpha value is -0.470. The molecule has 0 aromatic carbocycles. The molecule has 1 heterocycles. The van der Waals surface area contributed by atoms with Gasteiger partial charge in [0.15, 0.2) is 5.76 Å². The maximum absolute atomic E-state index is 10.9. The first-order valence-corrected chi connectivity index (χ1v) is 5.16. The lowest BCUT2D eigenvalue weighted by Crippen LogP contribution is -2.11. The molecule has 0 saturated carbocycles. The zero-order chi connectivity index (χ0) is 10.9. The van der Waals surface area contributed by atoms with Crippen molar-refractivity contribution < 1.29 is 9.21 Å². The van der Waals surface area contributed by atoms with Gasteiger partial charge in [0, 0.05) is 11.0 Å². The van der Waals surface area contributed by atoms with Crippen molar-refractivity contribution in [1.82, 2.24) is 0 Å². The van der Waals surface area contributed by atoms with Gasteiger partial charge in [-0.05, 0) is 17.7 Å². The molecule has 0 saturated heterocycles. The number of hydrogen-bond acceptors (Lipinski definition) is 2. The second-order valence-electron chi connectivity index (χ2n) is 4.12. The Bertz CT molecular complexity index is 347. The molecule has 0 fully saturated rings. The highest BCUT2D eigenvalue weighted by Gasteiger charge is 2.24. The third kappa shape index (κ3) is 2.31. The van der Waals surface area contributed by atoms with Gasteiger partial charge in [0.05, 0.1) is 5.88 Å². The van der Waals surface area contributed by atoms with Crippen molar-refractivity contribution >= 4 is 28.4 Å². The predicted octanol–water partition coefficient (Wildman–Crippen LogP) is 3.69. The highest BCUT2D eigenvalue weighted by atomic mass is 35.5. The van der Waals surface area contributed by atoms with Crippen LogP contribution in [0.3, 0.4) is 0 Å². The van der Waals surface area contributed by atoms with E-state index in [1.165, 1.54) is 0 Å². The topological polar surface area (TPSA) is 30.2 Å². The monoisotopic (exact) mass is 234 g/mol. The van der Waals surface area contributed by atoms with Gasteiger partial charge in [-0.15, -0.1) is 11.6 Å². The number of carbonyl (C=O) groups excluding carboxylic acids is 1. The first-order valence-electron chi connectivity index (χ1n) is 4.25. The molecule has 78 valence electrons. The molecule has 14 heavy (non-hydrogen) atoms. The van der Waals surface area contributed by atoms with E-state index in [0.717, 1.165) is 11.3 Å². The lowest BCUT2D eigenvalue weighted by molar-refractivity contribution is 0.105. The molecular formula is C10H12Cl2O2. The van der Waals surface area contributed by atoms with Crippen LogP contribution in [0.4, 0.5) is 0 Å². The summed E-state index contributed by atoms with van der Waals surface area (Å²) in [5.74, 6) is 1.20. The van der Waals surface area contributed by atoms with Crippen molar-refractivity contribution in [3.63, 3.8) is 0 Å². The highest BCUT2D eigenvalue weighted by Crippen LogP contribution is 2.30. The van der Waals surface area contributed by atoms with Crippen molar-refractivity contribution in [1.29, 1.82) is 0 Å². The van der Waals surface area contributed by atoms with E-state index in [4.69, 9.17) is 27.6 Å². The lowest BCUT2D eigenvalue weighted by atomic mass is 9.91. The quantitative estimate of drug-likeness (QED) is 0.578. The average molecular weight is 235 g/mol. The molecule has 4 heteroatoms. The van der Waals surface area contributed by atoms with Gasteiger partial charge >= 0.3 is 0 Å². The molecular weight excluding hydrogens is 223 g/mol. The SMILES string of the molecule is CC(C)(C)c1oc(C(=O)Cl)cc1CCl. The summed E-state index contributed by atoms with van der Waals surface area (Å²) < 4.78 is 5.37. The fraction of sp³-hybridized carbons (Fsp3) is 0.500. The van der Waals surface area contributed by atoms with Crippen LogP contribution < -0.4 is 0 Å². The summed E-state index contributed by atoms with van der Waals surface area (Å²) in [5.41, 5.74) is 0.651. The summed E-state index contributed by atoms with van der Waals surface area (Å²) in [6, 6.07) is 1.60. The largest absolute Gasteiger partial charge is 0.456 e. The van der Waals surface area contributed by atoms with Gasteiger partial charge in [0.1, 0.15) is 5.76 Å². The number of hydrogen-bond donors (Lipinski definition) is 0. The molecule has 0 radical (unpaired) electrons. The summed E-state index contributed by atoms with van der Waals surface area (Å²) in [4.78, 5) is 10.9. The normalized spacial score (nSPS) is 11.8. The van der Waals surface area contributed by atoms with Gasteiger partial charge in [-0.3, -0.25) is 4.79 Å². The molecule has 1 aromatic heterocycles. The molecule has 1 rings (SSSR count). The van der Waals surface area contributed by atoms with E-state index in [9.17, 15) is 4.79 Å². The van der Waals surface area contributed by atoms with E-state index in [1.807, 2.05) is 20.8 Å². The van der Waals surface area contributed by atoms with Crippen molar-refractivity contribution in [3.8, 4) is 0 Å². The second kappa shape index (κ2) is 3.95. The first kappa shape index (κ1) is 11.6. The minimum absolute atomic E-state index is 0.159. The molecule has 0 amide bonds. The van der Waals surface area contributed by atoms with Gasteiger partial charge in [-0.1, -0.05) is 20.8 Å². The first-order chi connectivity index (χ1) is 6.36. The predicted molar refractivity (Wildman–Crippen MR) is 57.1 cm³/mol. The van der Waals surface area contributed by atoms with Crippen LogP contribution in [0.1, 0.15) is 42.6 Å². The van der Waals surface area contributed by atoms with E-state index in [0.29, 0.717) is 5.88 Å². The fourth-order valence-electron chi connectivity index (χ4n) is 1.26. The van der Waals surface area contributed by atoms with Crippen LogP contribution in [-0.4, -0.2) is 5.24 Å². The number of halogens is 2. The average Bonchev–Trinajstić information content (AvgIpc) is 2.46. The van der Waals surface area contributed by atoms with E-state index in [-0.39, 0.29) is 11.2 Å². The van der Waals surface area contributed by atoms with Crippen LogP contribution >= 0.6 is 23.2 Å². The Morgan fingerprint density at radius 3 is 2.36 bits per heavy atom. The summed E-state index contributed by atoms with van der Waals surface area (Å²) in [5, 5.41) is -0.591. The molecule has 0 atom stereocenters. The second-order valence-corrected chi connectivity index (χ2v) is 4.73. The molecule has 1 aromatic rings. The Morgan fingerprint density at radius 2 is 2.07 bits per heavy atom. The van der Waals surface area contributed by atoms with Crippen molar-refractivity contribution in [3.05, 3.63) is 23.2 Å². The Kier molecular flexibility index (Phi) is 3.28. The summed E-state index contributed by atoms with van der Waals surface area (Å²) in [6.45, 7) is 5.97. The summed E-state index contributed by atoms with van der Waals surface area (Å²) >= 11 is 11.1. The van der Waals surface area contributed by atoms with Crippen LogP contribution in [0.5, 0.6) is 0 Å². The standard InChI is InChI=1S/C10H12Cl2O2/c1-10(2,3)8-6(5-11)4-7(14-8)9(12)13/h4H,5H2,1-3H3. The van der Waals surface area contributed by atoms with Crippen molar-refractivity contribution in [2.45, 2.75) is 32.1 Å². The molecule has 0 aliphatic carbocycles. The maximum Gasteiger partial charge on any atom is 0.287 e. The minimum atomic E-state index is -0.591. The van der Waals surface area contributed by atoms with Gasteiger partial charge in [-0.2, -0.15) is 0 Å². The van der Waals surface area contributed by atoms with Gasteiger partial charge in [0.2, 0.25) is 0 Å². The van der Waals surface area contributed by atoms with Gasteiger partial charge < -0.3 is 4.42 Å². The molecule has 2 nitrogen and oxygen atoms in total. The molecule has 0 bridgehead atoms. The molecule has 0 unspecified atom stereocenters. The van der Waals surface area contributed by atoms with Crippen LogP contribution in [0.15, 0.2) is 10.5 Å². The van der Waals surface area contributed by atoms with Crippen LogP contribution in [0.25, 0.3) is 0 Å². The Balaban J connectivity index is 3.22. The van der Waals surface area contributed by atoms with Gasteiger partial charge in [-0.25, -0.2) is 0 Å². The lowest BCUT2D eigenvalue weighted by Gasteiger charge is -2.16. The highest BCUT2D eigenvalue weighted by molar-refractivity contribution is 6.67. The third-order valence-corrected chi connectivity index (χ3v) is 2.30. The van der Waals surface area contributed by atoms with E-state index in [1.54, 1.807) is 6.07 Å². The third-order valence-electron chi connectivity index (χ3n) is 1.83. The number of rotatable bonds is 2. The number of furan rings is 1. The summed E-state index contributed by atoms with van der Waals surface area (Å²) in [6.07, 6.45) is 0. The van der Waals surface area contributed by atoms with Crippen LogP contribution in [-0.2, 0) is 11.3 Å². The van der Waals surface area contributed by atoms with Crippen LogP contribution in [0.2, 0.25) is 0 Å². The summed E-state index contributed by atoms with van der Waals surface area (Å²) in [7, 11) is 0. The zero-order valence-corrected chi connectivity index (χ0v) is 9.87.